The number of rotatable bonds is 9. The molecule has 19 heavy (non-hydrogen) atoms. The van der Waals surface area contributed by atoms with Crippen LogP contribution in [0.1, 0.15) is 37.8 Å². The Balaban J connectivity index is 2.19. The molecule has 108 valence electrons. The maximum atomic E-state index is 12.4. The fraction of sp³-hybridized carbons (Fsp3) is 0.600. The van der Waals surface area contributed by atoms with E-state index in [1.54, 1.807) is 12.1 Å². The van der Waals surface area contributed by atoms with E-state index >= 15 is 0 Å². The summed E-state index contributed by atoms with van der Waals surface area (Å²) in [5, 5.41) is 3.34. The molecule has 0 bridgehead atoms. The second-order valence-electron chi connectivity index (χ2n) is 4.60. The summed E-state index contributed by atoms with van der Waals surface area (Å²) in [5.74, 6) is 0. The third-order valence-corrected chi connectivity index (χ3v) is 3.28. The lowest BCUT2D eigenvalue weighted by molar-refractivity contribution is 0.151. The van der Waals surface area contributed by atoms with Crippen LogP contribution in [0.4, 0.5) is 8.78 Å². The largest absolute Gasteiger partial charge is 0.313 e. The molecule has 1 N–H and O–H groups in total. The van der Waals surface area contributed by atoms with Gasteiger partial charge in [0.15, 0.2) is 0 Å². The number of halogens is 2. The second kappa shape index (κ2) is 8.99. The van der Waals surface area contributed by atoms with Crippen LogP contribution in [-0.2, 0) is 6.54 Å². The summed E-state index contributed by atoms with van der Waals surface area (Å²) in [6.07, 6.45) is -1.27. The first-order valence-corrected chi connectivity index (χ1v) is 6.97. The van der Waals surface area contributed by atoms with Crippen molar-refractivity contribution >= 4 is 0 Å². The van der Waals surface area contributed by atoms with Crippen LogP contribution in [0.2, 0.25) is 0 Å². The number of benzene rings is 1. The predicted octanol–water partition coefficient (Wildman–Crippen LogP) is 3.45. The summed E-state index contributed by atoms with van der Waals surface area (Å²) in [4.78, 5) is 2.39. The minimum Gasteiger partial charge on any atom is -0.313 e. The van der Waals surface area contributed by atoms with Gasteiger partial charge in [-0.3, -0.25) is 0 Å². The summed E-state index contributed by atoms with van der Waals surface area (Å²) in [6.45, 7) is 9.30. The topological polar surface area (TPSA) is 15.3 Å². The molecular formula is C15H24F2N2. The average Bonchev–Trinajstić information content (AvgIpc) is 2.43. The molecule has 1 rings (SSSR count). The van der Waals surface area contributed by atoms with Gasteiger partial charge in [-0.15, -0.1) is 0 Å². The minimum atomic E-state index is -2.38. The van der Waals surface area contributed by atoms with Gasteiger partial charge in [-0.05, 0) is 38.2 Å². The highest BCUT2D eigenvalue weighted by molar-refractivity contribution is 5.23. The number of nitrogens with one attached hydrogen (secondary N) is 1. The zero-order valence-electron chi connectivity index (χ0n) is 11.8. The van der Waals surface area contributed by atoms with E-state index in [9.17, 15) is 8.78 Å². The van der Waals surface area contributed by atoms with Gasteiger partial charge in [0.1, 0.15) is 0 Å². The van der Waals surface area contributed by atoms with E-state index in [0.717, 1.165) is 44.7 Å². The molecule has 0 heterocycles. The third-order valence-electron chi connectivity index (χ3n) is 3.28. The fourth-order valence-electron chi connectivity index (χ4n) is 1.98. The average molecular weight is 270 g/mol. The van der Waals surface area contributed by atoms with Crippen LogP contribution in [0.3, 0.4) is 0 Å². The van der Waals surface area contributed by atoms with E-state index in [2.05, 4.69) is 24.1 Å². The van der Waals surface area contributed by atoms with Crippen molar-refractivity contribution in [3.63, 3.8) is 0 Å². The smallest absolute Gasteiger partial charge is 0.263 e. The number of nitrogens with zero attached hydrogens (tertiary/aromatic N) is 1. The predicted molar refractivity (Wildman–Crippen MR) is 75.5 cm³/mol. The Kier molecular flexibility index (Phi) is 7.60. The first kappa shape index (κ1) is 16.1. The van der Waals surface area contributed by atoms with Crippen molar-refractivity contribution in [2.24, 2.45) is 0 Å². The second-order valence-corrected chi connectivity index (χ2v) is 4.60. The number of hydrogen-bond donors (Lipinski definition) is 1. The summed E-state index contributed by atoms with van der Waals surface area (Å²) in [6, 6.07) is 6.52. The standard InChI is InChI=1S/C15H24F2N2/c1-3-19(4-2)11-5-10-18-12-13-6-8-14(9-7-13)15(16)17/h6-9,15,18H,3-5,10-12H2,1-2H3. The van der Waals surface area contributed by atoms with Gasteiger partial charge < -0.3 is 10.2 Å². The van der Waals surface area contributed by atoms with Gasteiger partial charge in [0.2, 0.25) is 0 Å². The van der Waals surface area contributed by atoms with Crippen molar-refractivity contribution in [3.8, 4) is 0 Å². The molecule has 0 saturated carbocycles. The summed E-state index contributed by atoms with van der Waals surface area (Å²) in [5.41, 5.74) is 1.14. The maximum Gasteiger partial charge on any atom is 0.263 e. The highest BCUT2D eigenvalue weighted by atomic mass is 19.3. The Morgan fingerprint density at radius 1 is 1.11 bits per heavy atom. The van der Waals surface area contributed by atoms with Gasteiger partial charge in [0.05, 0.1) is 0 Å². The Hall–Kier alpha value is -1.00. The van der Waals surface area contributed by atoms with Crippen LogP contribution in [0.15, 0.2) is 24.3 Å². The number of alkyl halides is 2. The zero-order valence-corrected chi connectivity index (χ0v) is 11.8. The Bertz CT molecular complexity index is 335. The maximum absolute atomic E-state index is 12.4. The van der Waals surface area contributed by atoms with Crippen molar-refractivity contribution < 1.29 is 8.78 Å². The Labute approximate surface area is 114 Å². The third kappa shape index (κ3) is 6.12. The van der Waals surface area contributed by atoms with Crippen LogP contribution in [-0.4, -0.2) is 31.1 Å². The molecule has 1 aromatic rings. The summed E-state index contributed by atoms with van der Waals surface area (Å²) < 4.78 is 24.7. The molecule has 4 heteroatoms. The molecule has 0 aliphatic carbocycles. The van der Waals surface area contributed by atoms with Gasteiger partial charge in [-0.1, -0.05) is 38.1 Å². The van der Waals surface area contributed by atoms with Gasteiger partial charge >= 0.3 is 0 Å². The lowest BCUT2D eigenvalue weighted by Crippen LogP contribution is -2.27. The molecule has 0 fully saturated rings. The molecule has 0 aliphatic heterocycles. The van der Waals surface area contributed by atoms with E-state index in [1.807, 2.05) is 0 Å². The van der Waals surface area contributed by atoms with Crippen molar-refractivity contribution in [1.82, 2.24) is 10.2 Å². The molecule has 1 aromatic carbocycles. The lowest BCUT2D eigenvalue weighted by atomic mass is 10.1. The van der Waals surface area contributed by atoms with Gasteiger partial charge in [-0.2, -0.15) is 0 Å². The molecule has 0 amide bonds. The molecule has 0 aromatic heterocycles. The monoisotopic (exact) mass is 270 g/mol. The van der Waals surface area contributed by atoms with E-state index in [4.69, 9.17) is 0 Å². The molecule has 2 nitrogen and oxygen atoms in total. The van der Waals surface area contributed by atoms with E-state index in [0.29, 0.717) is 0 Å². The molecule has 0 unspecified atom stereocenters. The normalized spacial score (nSPS) is 11.5. The highest BCUT2D eigenvalue weighted by Gasteiger charge is 2.05. The highest BCUT2D eigenvalue weighted by Crippen LogP contribution is 2.18. The van der Waals surface area contributed by atoms with E-state index in [-0.39, 0.29) is 5.56 Å². The molecular weight excluding hydrogens is 246 g/mol. The fourth-order valence-corrected chi connectivity index (χ4v) is 1.98. The Morgan fingerprint density at radius 2 is 1.74 bits per heavy atom. The van der Waals surface area contributed by atoms with E-state index in [1.165, 1.54) is 12.1 Å². The van der Waals surface area contributed by atoms with Crippen molar-refractivity contribution in [2.45, 2.75) is 33.2 Å². The minimum absolute atomic E-state index is 0.0882. The SMILES string of the molecule is CCN(CC)CCCNCc1ccc(C(F)F)cc1. The lowest BCUT2D eigenvalue weighted by Gasteiger charge is -2.17. The number of hydrogen-bond acceptors (Lipinski definition) is 2. The summed E-state index contributed by atoms with van der Waals surface area (Å²) >= 11 is 0. The van der Waals surface area contributed by atoms with Crippen LogP contribution < -0.4 is 5.32 Å². The van der Waals surface area contributed by atoms with Crippen molar-refractivity contribution in [1.29, 1.82) is 0 Å². The van der Waals surface area contributed by atoms with Crippen LogP contribution in [0, 0.1) is 0 Å². The van der Waals surface area contributed by atoms with E-state index < -0.39 is 6.43 Å². The van der Waals surface area contributed by atoms with Crippen LogP contribution in [0.25, 0.3) is 0 Å². The quantitative estimate of drug-likeness (QED) is 0.691. The van der Waals surface area contributed by atoms with Crippen LogP contribution in [0.5, 0.6) is 0 Å². The molecule has 0 atom stereocenters. The van der Waals surface area contributed by atoms with Crippen LogP contribution >= 0.6 is 0 Å². The van der Waals surface area contributed by atoms with Crippen molar-refractivity contribution in [3.05, 3.63) is 35.4 Å². The van der Waals surface area contributed by atoms with Gasteiger partial charge in [0, 0.05) is 12.1 Å². The molecule has 0 saturated heterocycles. The summed E-state index contributed by atoms with van der Waals surface area (Å²) in [7, 11) is 0. The zero-order chi connectivity index (χ0) is 14.1. The molecule has 0 aliphatic rings. The molecule has 0 radical (unpaired) electrons. The first-order chi connectivity index (χ1) is 9.17. The first-order valence-electron chi connectivity index (χ1n) is 6.97. The van der Waals surface area contributed by atoms with Crippen molar-refractivity contribution in [2.75, 3.05) is 26.2 Å². The van der Waals surface area contributed by atoms with Gasteiger partial charge in [-0.25, -0.2) is 8.78 Å². The van der Waals surface area contributed by atoms with Gasteiger partial charge in [0.25, 0.3) is 6.43 Å². The Morgan fingerprint density at radius 3 is 2.26 bits per heavy atom. The molecule has 0 spiro atoms.